The fraction of sp³-hybridized carbons (Fsp3) is 0.312. The van der Waals surface area contributed by atoms with Gasteiger partial charge in [-0.25, -0.2) is 14.0 Å². The summed E-state index contributed by atoms with van der Waals surface area (Å²) in [4.78, 5) is 37.1. The van der Waals surface area contributed by atoms with Crippen LogP contribution in [0.4, 0.5) is 25.4 Å². The summed E-state index contributed by atoms with van der Waals surface area (Å²) in [5, 5.41) is 2.54. The predicted molar refractivity (Wildman–Crippen MR) is 85.9 cm³/mol. The van der Waals surface area contributed by atoms with Gasteiger partial charge in [-0.3, -0.25) is 14.6 Å². The smallest absolute Gasteiger partial charge is 0.414 e. The maximum Gasteiger partial charge on any atom is 0.414 e. The molecule has 2 heterocycles. The van der Waals surface area contributed by atoms with Gasteiger partial charge in [0.05, 0.1) is 31.0 Å². The van der Waals surface area contributed by atoms with Crippen molar-refractivity contribution in [3.63, 3.8) is 0 Å². The highest BCUT2D eigenvalue weighted by molar-refractivity contribution is 5.92. The van der Waals surface area contributed by atoms with Crippen LogP contribution in [0.5, 0.6) is 0 Å². The SMILES string of the molecule is C=CC(=O)NC[C@H]1CN(c2ccc(N3CCOC3=O)c(F)c2)C(=O)O1. The predicted octanol–water partition coefficient (Wildman–Crippen LogP) is 1.41. The first kappa shape index (κ1) is 16.7. The van der Waals surface area contributed by atoms with Crippen LogP contribution in [-0.2, 0) is 14.3 Å². The highest BCUT2D eigenvalue weighted by atomic mass is 19.1. The van der Waals surface area contributed by atoms with Crippen molar-refractivity contribution in [1.82, 2.24) is 5.32 Å². The summed E-state index contributed by atoms with van der Waals surface area (Å²) >= 11 is 0. The topological polar surface area (TPSA) is 88.2 Å². The summed E-state index contributed by atoms with van der Waals surface area (Å²) in [6.45, 7) is 4.10. The molecule has 8 nitrogen and oxygen atoms in total. The van der Waals surface area contributed by atoms with E-state index >= 15 is 0 Å². The Balaban J connectivity index is 1.70. The van der Waals surface area contributed by atoms with Gasteiger partial charge in [-0.05, 0) is 24.3 Å². The number of anilines is 2. The first-order valence-corrected chi connectivity index (χ1v) is 7.62. The highest BCUT2D eigenvalue weighted by Crippen LogP contribution is 2.29. The quantitative estimate of drug-likeness (QED) is 0.812. The molecule has 0 saturated carbocycles. The standard InChI is InChI=1S/C16H16FN3O5/c1-2-14(21)18-8-11-9-20(16(23)25-11)10-3-4-13(12(17)7-10)19-5-6-24-15(19)22/h2-4,7,11H,1,5-6,8-9H2,(H,18,21)/t11-/m0/s1. The number of benzene rings is 1. The summed E-state index contributed by atoms with van der Waals surface area (Å²) < 4.78 is 24.3. The van der Waals surface area contributed by atoms with Crippen LogP contribution in [0.15, 0.2) is 30.9 Å². The number of nitrogens with one attached hydrogen (secondary N) is 1. The molecule has 0 bridgehead atoms. The molecule has 0 aliphatic carbocycles. The van der Waals surface area contributed by atoms with Crippen molar-refractivity contribution in [3.8, 4) is 0 Å². The van der Waals surface area contributed by atoms with Gasteiger partial charge in [0.25, 0.3) is 0 Å². The molecule has 1 N–H and O–H groups in total. The fourth-order valence-corrected chi connectivity index (χ4v) is 2.62. The largest absolute Gasteiger partial charge is 0.447 e. The van der Waals surface area contributed by atoms with Gasteiger partial charge in [-0.1, -0.05) is 6.58 Å². The van der Waals surface area contributed by atoms with Crippen molar-refractivity contribution < 1.29 is 28.2 Å². The molecule has 0 spiro atoms. The number of ether oxygens (including phenoxy) is 2. The highest BCUT2D eigenvalue weighted by Gasteiger charge is 2.33. The molecular formula is C16H16FN3O5. The molecule has 1 aromatic rings. The maximum absolute atomic E-state index is 14.4. The Morgan fingerprint density at radius 1 is 1.36 bits per heavy atom. The second-order valence-corrected chi connectivity index (χ2v) is 5.47. The molecule has 3 rings (SSSR count). The Morgan fingerprint density at radius 3 is 2.80 bits per heavy atom. The number of cyclic esters (lactones) is 2. The molecule has 2 fully saturated rings. The second-order valence-electron chi connectivity index (χ2n) is 5.47. The van der Waals surface area contributed by atoms with Gasteiger partial charge < -0.3 is 14.8 Å². The van der Waals surface area contributed by atoms with Gasteiger partial charge in [0.2, 0.25) is 5.91 Å². The zero-order valence-electron chi connectivity index (χ0n) is 13.2. The van der Waals surface area contributed by atoms with E-state index in [0.717, 1.165) is 12.1 Å². The van der Waals surface area contributed by atoms with Crippen molar-refractivity contribution in [2.24, 2.45) is 0 Å². The summed E-state index contributed by atoms with van der Waals surface area (Å²) in [5.74, 6) is -1.02. The van der Waals surface area contributed by atoms with E-state index in [1.807, 2.05) is 0 Å². The Kier molecular flexibility index (Phi) is 4.55. The monoisotopic (exact) mass is 349 g/mol. The van der Waals surface area contributed by atoms with Gasteiger partial charge in [0.15, 0.2) is 0 Å². The number of hydrogen-bond acceptors (Lipinski definition) is 5. The molecule has 25 heavy (non-hydrogen) atoms. The van der Waals surface area contributed by atoms with Crippen molar-refractivity contribution in [2.45, 2.75) is 6.10 Å². The summed E-state index contributed by atoms with van der Waals surface area (Å²) in [7, 11) is 0. The first-order valence-electron chi connectivity index (χ1n) is 7.62. The van der Waals surface area contributed by atoms with E-state index in [1.165, 1.54) is 21.9 Å². The van der Waals surface area contributed by atoms with Crippen LogP contribution >= 0.6 is 0 Å². The Hall–Kier alpha value is -3.10. The van der Waals surface area contributed by atoms with Gasteiger partial charge in [-0.2, -0.15) is 0 Å². The van der Waals surface area contributed by atoms with E-state index in [2.05, 4.69) is 11.9 Å². The third kappa shape index (κ3) is 3.39. The molecular weight excluding hydrogens is 333 g/mol. The lowest BCUT2D eigenvalue weighted by Gasteiger charge is -2.17. The molecule has 0 aromatic heterocycles. The maximum atomic E-state index is 14.4. The molecule has 1 atom stereocenters. The van der Waals surface area contributed by atoms with Crippen LogP contribution in [0.3, 0.4) is 0 Å². The van der Waals surface area contributed by atoms with E-state index in [-0.39, 0.29) is 37.8 Å². The minimum atomic E-state index is -0.646. The summed E-state index contributed by atoms with van der Waals surface area (Å²) in [6, 6.07) is 4.10. The van der Waals surface area contributed by atoms with Crippen LogP contribution in [0.1, 0.15) is 0 Å². The normalized spacial score (nSPS) is 19.6. The van der Waals surface area contributed by atoms with Crippen molar-refractivity contribution >= 4 is 29.5 Å². The molecule has 2 aliphatic heterocycles. The average Bonchev–Trinajstić information content (AvgIpc) is 3.18. The third-order valence-electron chi connectivity index (χ3n) is 3.86. The fourth-order valence-electron chi connectivity index (χ4n) is 2.62. The van der Waals surface area contributed by atoms with Gasteiger partial charge in [0.1, 0.15) is 18.5 Å². The zero-order valence-corrected chi connectivity index (χ0v) is 13.2. The molecule has 9 heteroatoms. The molecule has 132 valence electrons. The van der Waals surface area contributed by atoms with Gasteiger partial charge in [-0.15, -0.1) is 0 Å². The molecule has 2 aliphatic rings. The van der Waals surface area contributed by atoms with Crippen LogP contribution < -0.4 is 15.1 Å². The van der Waals surface area contributed by atoms with E-state index in [4.69, 9.17) is 9.47 Å². The summed E-state index contributed by atoms with van der Waals surface area (Å²) in [5.41, 5.74) is 0.393. The van der Waals surface area contributed by atoms with E-state index < -0.39 is 24.1 Å². The number of carbonyl (C=O) groups is 3. The van der Waals surface area contributed by atoms with Crippen LogP contribution in [0.2, 0.25) is 0 Å². The third-order valence-corrected chi connectivity index (χ3v) is 3.86. The lowest BCUT2D eigenvalue weighted by Crippen LogP contribution is -2.33. The number of halogens is 1. The average molecular weight is 349 g/mol. The molecule has 3 amide bonds. The number of amides is 3. The van der Waals surface area contributed by atoms with E-state index in [1.54, 1.807) is 0 Å². The van der Waals surface area contributed by atoms with E-state index in [9.17, 15) is 18.8 Å². The van der Waals surface area contributed by atoms with Gasteiger partial charge >= 0.3 is 12.2 Å². The van der Waals surface area contributed by atoms with Crippen LogP contribution in [-0.4, -0.2) is 50.4 Å². The number of rotatable bonds is 5. The molecule has 0 radical (unpaired) electrons. The number of carbonyl (C=O) groups excluding carboxylic acids is 3. The number of hydrogen-bond donors (Lipinski definition) is 1. The first-order chi connectivity index (χ1) is 12.0. The Labute approximate surface area is 142 Å². The molecule has 0 unspecified atom stereocenters. The van der Waals surface area contributed by atoms with Crippen molar-refractivity contribution in [2.75, 3.05) is 36.0 Å². The van der Waals surface area contributed by atoms with Crippen molar-refractivity contribution in [1.29, 1.82) is 0 Å². The Bertz CT molecular complexity index is 738. The van der Waals surface area contributed by atoms with Gasteiger partial charge in [0, 0.05) is 0 Å². The lowest BCUT2D eigenvalue weighted by atomic mass is 10.2. The summed E-state index contributed by atoms with van der Waals surface area (Å²) in [6.07, 6.45) is -0.671. The lowest BCUT2D eigenvalue weighted by molar-refractivity contribution is -0.116. The molecule has 1 aromatic carbocycles. The number of nitrogens with zero attached hydrogens (tertiary/aromatic N) is 2. The van der Waals surface area contributed by atoms with Crippen LogP contribution in [0.25, 0.3) is 0 Å². The second kappa shape index (κ2) is 6.80. The Morgan fingerprint density at radius 2 is 2.16 bits per heavy atom. The minimum Gasteiger partial charge on any atom is -0.447 e. The van der Waals surface area contributed by atoms with Crippen LogP contribution in [0, 0.1) is 5.82 Å². The molecule has 2 saturated heterocycles. The van der Waals surface area contributed by atoms with E-state index in [0.29, 0.717) is 5.69 Å². The zero-order chi connectivity index (χ0) is 18.0. The van der Waals surface area contributed by atoms with Crippen molar-refractivity contribution in [3.05, 3.63) is 36.7 Å². The minimum absolute atomic E-state index is 0.0913.